The van der Waals surface area contributed by atoms with Crippen molar-refractivity contribution in [3.05, 3.63) is 23.1 Å². The molecule has 9 heteroatoms. The van der Waals surface area contributed by atoms with Crippen LogP contribution in [0.2, 0.25) is 0 Å². The van der Waals surface area contributed by atoms with Gasteiger partial charge in [0, 0.05) is 32.0 Å². The molecule has 2 aliphatic heterocycles. The summed E-state index contributed by atoms with van der Waals surface area (Å²) in [5, 5.41) is 12.4. The highest BCUT2D eigenvalue weighted by Gasteiger charge is 2.35. The highest BCUT2D eigenvalue weighted by Crippen LogP contribution is 2.32. The van der Waals surface area contributed by atoms with E-state index in [4.69, 9.17) is 4.52 Å². The Labute approximate surface area is 140 Å². The maximum atomic E-state index is 12.9. The number of hydrogen-bond donors (Lipinski definition) is 0. The average Bonchev–Trinajstić information content (AvgIpc) is 3.23. The van der Waals surface area contributed by atoms with Crippen LogP contribution in [0.4, 0.5) is 0 Å². The molecule has 0 aliphatic carbocycles. The van der Waals surface area contributed by atoms with Crippen molar-refractivity contribution in [1.82, 2.24) is 24.2 Å². The maximum absolute atomic E-state index is 12.9. The molecule has 24 heavy (non-hydrogen) atoms. The van der Waals surface area contributed by atoms with Crippen LogP contribution < -0.4 is 0 Å². The third-order valence-electron chi connectivity index (χ3n) is 5.02. The van der Waals surface area contributed by atoms with Gasteiger partial charge in [-0.25, -0.2) is 8.42 Å². The zero-order chi connectivity index (χ0) is 16.9. The SMILES string of the molecule is Cc1noc(C)c1S(=O)(=O)N1CCC(c2nnc3n2CCC3)CC1. The lowest BCUT2D eigenvalue weighted by Crippen LogP contribution is -2.38. The zero-order valence-electron chi connectivity index (χ0n) is 13.9. The molecule has 2 aromatic rings. The second-order valence-electron chi connectivity index (χ2n) is 6.56. The molecule has 2 aliphatic rings. The highest BCUT2D eigenvalue weighted by atomic mass is 32.2. The molecule has 8 nitrogen and oxygen atoms in total. The third-order valence-corrected chi connectivity index (χ3v) is 7.17. The van der Waals surface area contributed by atoms with Gasteiger partial charge in [-0.2, -0.15) is 4.31 Å². The van der Waals surface area contributed by atoms with E-state index in [0.29, 0.717) is 24.5 Å². The minimum atomic E-state index is -3.55. The largest absolute Gasteiger partial charge is 0.360 e. The van der Waals surface area contributed by atoms with Gasteiger partial charge in [0.25, 0.3) is 0 Å². The van der Waals surface area contributed by atoms with Gasteiger partial charge in [-0.3, -0.25) is 0 Å². The second kappa shape index (κ2) is 5.66. The molecule has 1 saturated heterocycles. The van der Waals surface area contributed by atoms with Gasteiger partial charge in [-0.05, 0) is 33.1 Å². The first-order valence-electron chi connectivity index (χ1n) is 8.33. The summed E-state index contributed by atoms with van der Waals surface area (Å²) in [5.41, 5.74) is 0.421. The van der Waals surface area contributed by atoms with Crippen LogP contribution in [-0.2, 0) is 23.0 Å². The van der Waals surface area contributed by atoms with E-state index in [1.165, 1.54) is 4.31 Å². The molecule has 0 radical (unpaired) electrons. The molecule has 0 unspecified atom stereocenters. The summed E-state index contributed by atoms with van der Waals surface area (Å²) in [7, 11) is -3.55. The van der Waals surface area contributed by atoms with E-state index in [-0.39, 0.29) is 10.8 Å². The van der Waals surface area contributed by atoms with E-state index < -0.39 is 10.0 Å². The molecule has 4 heterocycles. The minimum absolute atomic E-state index is 0.212. The molecule has 0 N–H and O–H groups in total. The van der Waals surface area contributed by atoms with Gasteiger partial charge in [0.2, 0.25) is 10.0 Å². The van der Waals surface area contributed by atoms with Crippen molar-refractivity contribution in [1.29, 1.82) is 0 Å². The Morgan fingerprint density at radius 1 is 1.12 bits per heavy atom. The predicted molar refractivity (Wildman–Crippen MR) is 85.1 cm³/mol. The molecule has 2 aromatic heterocycles. The molecule has 4 rings (SSSR count). The van der Waals surface area contributed by atoms with Gasteiger partial charge in [0.15, 0.2) is 5.76 Å². The van der Waals surface area contributed by atoms with Crippen molar-refractivity contribution in [2.75, 3.05) is 13.1 Å². The van der Waals surface area contributed by atoms with Crippen LogP contribution >= 0.6 is 0 Å². The molecular formula is C15H21N5O3S. The summed E-state index contributed by atoms with van der Waals surface area (Å²) in [6.45, 7) is 5.25. The second-order valence-corrected chi connectivity index (χ2v) is 8.44. The van der Waals surface area contributed by atoms with Crippen molar-refractivity contribution in [2.24, 2.45) is 0 Å². The Hall–Kier alpha value is -1.74. The number of aromatic nitrogens is 4. The van der Waals surface area contributed by atoms with E-state index in [9.17, 15) is 8.42 Å². The molecule has 1 fully saturated rings. The van der Waals surface area contributed by atoms with E-state index >= 15 is 0 Å². The van der Waals surface area contributed by atoms with Crippen LogP contribution in [-0.4, -0.2) is 45.7 Å². The van der Waals surface area contributed by atoms with Gasteiger partial charge in [0.05, 0.1) is 0 Å². The van der Waals surface area contributed by atoms with Gasteiger partial charge >= 0.3 is 0 Å². The van der Waals surface area contributed by atoms with Crippen molar-refractivity contribution in [3.63, 3.8) is 0 Å². The van der Waals surface area contributed by atoms with E-state index in [1.807, 2.05) is 0 Å². The van der Waals surface area contributed by atoms with Gasteiger partial charge in [-0.1, -0.05) is 5.16 Å². The molecule has 0 spiro atoms. The van der Waals surface area contributed by atoms with E-state index in [0.717, 1.165) is 43.9 Å². The molecule has 0 amide bonds. The minimum Gasteiger partial charge on any atom is -0.360 e. The smallest absolute Gasteiger partial charge is 0.248 e. The molecule has 0 bridgehead atoms. The standard InChI is InChI=1S/C15H21N5O3S/c1-10-14(11(2)23-18-10)24(21,22)19-8-5-12(6-9-19)15-17-16-13-4-3-7-20(13)15/h12H,3-9H2,1-2H3. The number of piperidine rings is 1. The average molecular weight is 351 g/mol. The molecule has 0 atom stereocenters. The zero-order valence-corrected chi connectivity index (χ0v) is 14.7. The summed E-state index contributed by atoms with van der Waals surface area (Å²) in [6, 6.07) is 0. The fourth-order valence-electron chi connectivity index (χ4n) is 3.80. The van der Waals surface area contributed by atoms with Gasteiger partial charge in [0.1, 0.15) is 22.2 Å². The summed E-state index contributed by atoms with van der Waals surface area (Å²) < 4.78 is 34.5. The van der Waals surface area contributed by atoms with Crippen LogP contribution in [0.15, 0.2) is 9.42 Å². The van der Waals surface area contributed by atoms with Crippen LogP contribution in [0.5, 0.6) is 0 Å². The maximum Gasteiger partial charge on any atom is 0.248 e. The monoisotopic (exact) mass is 351 g/mol. The van der Waals surface area contributed by atoms with E-state index in [1.54, 1.807) is 13.8 Å². The van der Waals surface area contributed by atoms with Crippen LogP contribution in [0.3, 0.4) is 0 Å². The van der Waals surface area contributed by atoms with Crippen molar-refractivity contribution in [3.8, 4) is 0 Å². The quantitative estimate of drug-likeness (QED) is 0.829. The van der Waals surface area contributed by atoms with Crippen molar-refractivity contribution < 1.29 is 12.9 Å². The first-order valence-corrected chi connectivity index (χ1v) is 9.77. The lowest BCUT2D eigenvalue weighted by Gasteiger charge is -2.30. The van der Waals surface area contributed by atoms with Gasteiger partial charge < -0.3 is 9.09 Å². The summed E-state index contributed by atoms with van der Waals surface area (Å²) in [4.78, 5) is 0.212. The molecule has 0 aromatic carbocycles. The number of hydrogen-bond acceptors (Lipinski definition) is 6. The Bertz CT molecular complexity index is 842. The van der Waals surface area contributed by atoms with Crippen molar-refractivity contribution in [2.45, 2.75) is 56.9 Å². The molecular weight excluding hydrogens is 330 g/mol. The van der Waals surface area contributed by atoms with Crippen LogP contribution in [0, 0.1) is 13.8 Å². The Balaban J connectivity index is 1.52. The third kappa shape index (κ3) is 2.37. The first-order chi connectivity index (χ1) is 11.5. The topological polar surface area (TPSA) is 94.1 Å². The molecule has 0 saturated carbocycles. The van der Waals surface area contributed by atoms with Crippen LogP contribution in [0.25, 0.3) is 0 Å². The van der Waals surface area contributed by atoms with Crippen molar-refractivity contribution >= 4 is 10.0 Å². The summed E-state index contributed by atoms with van der Waals surface area (Å²) in [6.07, 6.45) is 3.64. The first kappa shape index (κ1) is 15.8. The van der Waals surface area contributed by atoms with Crippen LogP contribution in [0.1, 0.15) is 48.3 Å². The Kier molecular flexibility index (Phi) is 3.72. The van der Waals surface area contributed by atoms with E-state index in [2.05, 4.69) is 19.9 Å². The Morgan fingerprint density at radius 2 is 1.88 bits per heavy atom. The number of aryl methyl sites for hydroxylation is 3. The highest BCUT2D eigenvalue weighted by molar-refractivity contribution is 7.89. The summed E-state index contributed by atoms with van der Waals surface area (Å²) in [5.74, 6) is 2.72. The normalized spacial score (nSPS) is 19.8. The number of sulfonamides is 1. The lowest BCUT2D eigenvalue weighted by atomic mass is 9.97. The van der Waals surface area contributed by atoms with Gasteiger partial charge in [-0.15, -0.1) is 10.2 Å². The number of fused-ring (bicyclic) bond motifs is 1. The summed E-state index contributed by atoms with van der Waals surface area (Å²) >= 11 is 0. The fraction of sp³-hybridized carbons (Fsp3) is 0.667. The fourth-order valence-corrected chi connectivity index (χ4v) is 5.56. The predicted octanol–water partition coefficient (Wildman–Crippen LogP) is 1.40. The molecule has 130 valence electrons. The lowest BCUT2D eigenvalue weighted by molar-refractivity contribution is 0.308. The number of nitrogens with zero attached hydrogens (tertiary/aromatic N) is 5. The Morgan fingerprint density at radius 3 is 2.54 bits per heavy atom. The number of rotatable bonds is 3.